The molecule has 4 aliphatic rings. The van der Waals surface area contributed by atoms with Crippen LogP contribution in [0.25, 0.3) is 11.4 Å². The third kappa shape index (κ3) is 4.31. The number of aromatic nitrogens is 5. The first-order valence-electron chi connectivity index (χ1n) is 12.9. The van der Waals surface area contributed by atoms with E-state index >= 15 is 0 Å². The predicted octanol–water partition coefficient (Wildman–Crippen LogP) is 4.42. The maximum Gasteiger partial charge on any atom is 0.241 e. The molecule has 7 rings (SSSR count). The Kier molecular flexibility index (Phi) is 5.10. The second kappa shape index (κ2) is 8.23. The second-order valence-electron chi connectivity index (χ2n) is 10.8. The Hall–Kier alpha value is -2.59. The lowest BCUT2D eigenvalue weighted by Gasteiger charge is -2.30. The van der Waals surface area contributed by atoms with Crippen LogP contribution in [-0.4, -0.2) is 39.4 Å². The normalized spacial score (nSPS) is 25.1. The Labute approximate surface area is 204 Å². The number of sulfonamides is 1. The molecule has 3 aromatic rings. The SMILES string of the molecule is O=S(=O)(NC1CCCC(n2cnnc2)C1)c1c(C2CC2)cc(-c2noc(C3CC3)n2)cc1C1CC1. The summed E-state index contributed by atoms with van der Waals surface area (Å²) in [7, 11) is -3.68. The van der Waals surface area contributed by atoms with Gasteiger partial charge in [-0.3, -0.25) is 0 Å². The van der Waals surface area contributed by atoms with Gasteiger partial charge in [0.25, 0.3) is 0 Å². The predicted molar refractivity (Wildman–Crippen MR) is 127 cm³/mol. The molecular weight excluding hydrogens is 464 g/mol. The fraction of sp³-hybridized carbons (Fsp3) is 0.600. The third-order valence-corrected chi connectivity index (χ3v) is 9.56. The van der Waals surface area contributed by atoms with Crippen molar-refractivity contribution < 1.29 is 12.9 Å². The Morgan fingerprint density at radius 1 is 0.886 bits per heavy atom. The first-order chi connectivity index (χ1) is 17.0. The van der Waals surface area contributed by atoms with Gasteiger partial charge in [-0.1, -0.05) is 5.16 Å². The molecule has 0 amide bonds. The van der Waals surface area contributed by atoms with Gasteiger partial charge in [0, 0.05) is 23.6 Å². The summed E-state index contributed by atoms with van der Waals surface area (Å²) in [5.41, 5.74) is 2.75. The highest BCUT2D eigenvalue weighted by Gasteiger charge is 2.39. The van der Waals surface area contributed by atoms with Crippen LogP contribution in [0.4, 0.5) is 0 Å². The van der Waals surface area contributed by atoms with Crippen LogP contribution in [0.15, 0.2) is 34.2 Å². The van der Waals surface area contributed by atoms with Crippen LogP contribution in [0.5, 0.6) is 0 Å². The molecule has 0 aliphatic heterocycles. The average molecular weight is 495 g/mol. The summed E-state index contributed by atoms with van der Waals surface area (Å²) in [6.07, 6.45) is 13.3. The molecule has 4 aliphatic carbocycles. The maximum absolute atomic E-state index is 14.0. The standard InChI is InChI=1S/C25H30N6O3S/c32-35(33,30-19-2-1-3-20(12-19)31-13-26-27-14-31)23-21(15-4-5-15)10-18(11-22(23)16-6-7-16)24-28-25(34-29-24)17-8-9-17/h10-11,13-17,19-20,30H,1-9,12H2. The average Bonchev–Trinajstić information content (AvgIpc) is 3.77. The summed E-state index contributed by atoms with van der Waals surface area (Å²) in [6, 6.07) is 4.15. The van der Waals surface area contributed by atoms with E-state index in [0.717, 1.165) is 80.9 Å². The van der Waals surface area contributed by atoms with Gasteiger partial charge in [0.05, 0.1) is 4.90 Å². The van der Waals surface area contributed by atoms with Gasteiger partial charge in [0.2, 0.25) is 21.7 Å². The molecule has 1 N–H and O–H groups in total. The van der Waals surface area contributed by atoms with Crippen molar-refractivity contribution in [3.8, 4) is 11.4 Å². The molecule has 184 valence electrons. The van der Waals surface area contributed by atoms with Crippen LogP contribution in [0.2, 0.25) is 0 Å². The lowest BCUT2D eigenvalue weighted by molar-refractivity contribution is 0.305. The third-order valence-electron chi connectivity index (χ3n) is 7.90. The summed E-state index contributed by atoms with van der Waals surface area (Å²) in [5, 5.41) is 12.1. The molecule has 1 aromatic carbocycles. The van der Waals surface area contributed by atoms with Gasteiger partial charge in [0.15, 0.2) is 0 Å². The Morgan fingerprint density at radius 3 is 2.17 bits per heavy atom. The number of hydrogen-bond donors (Lipinski definition) is 1. The van der Waals surface area contributed by atoms with Gasteiger partial charge in [-0.15, -0.1) is 10.2 Å². The van der Waals surface area contributed by atoms with Crippen LogP contribution >= 0.6 is 0 Å². The number of nitrogens with zero attached hydrogens (tertiary/aromatic N) is 5. The summed E-state index contributed by atoms with van der Waals surface area (Å²) in [6.45, 7) is 0. The molecule has 0 spiro atoms. The van der Waals surface area contributed by atoms with Crippen LogP contribution in [0, 0.1) is 0 Å². The van der Waals surface area contributed by atoms with E-state index in [-0.39, 0.29) is 23.9 Å². The van der Waals surface area contributed by atoms with Crippen molar-refractivity contribution in [3.63, 3.8) is 0 Å². The quantitative estimate of drug-likeness (QED) is 0.493. The van der Waals surface area contributed by atoms with E-state index in [4.69, 9.17) is 4.52 Å². The van der Waals surface area contributed by atoms with E-state index in [0.29, 0.717) is 22.5 Å². The molecule has 0 saturated heterocycles. The van der Waals surface area contributed by atoms with Crippen LogP contribution < -0.4 is 4.72 Å². The lowest BCUT2D eigenvalue weighted by Crippen LogP contribution is -2.39. The van der Waals surface area contributed by atoms with Crippen molar-refractivity contribution >= 4 is 10.0 Å². The van der Waals surface area contributed by atoms with Crippen LogP contribution in [0.1, 0.15) is 105 Å². The zero-order chi connectivity index (χ0) is 23.6. The molecule has 0 radical (unpaired) electrons. The van der Waals surface area contributed by atoms with Gasteiger partial charge in [-0.05, 0) is 99.3 Å². The Morgan fingerprint density at radius 2 is 1.54 bits per heavy atom. The molecule has 2 atom stereocenters. The van der Waals surface area contributed by atoms with E-state index in [1.165, 1.54) is 0 Å². The van der Waals surface area contributed by atoms with Crippen molar-refractivity contribution in [2.45, 2.75) is 98.9 Å². The van der Waals surface area contributed by atoms with Gasteiger partial charge in [-0.2, -0.15) is 4.98 Å². The molecule has 4 fully saturated rings. The molecule has 2 heterocycles. The van der Waals surface area contributed by atoms with Crippen molar-refractivity contribution in [2.24, 2.45) is 0 Å². The second-order valence-corrected chi connectivity index (χ2v) is 12.5. The van der Waals surface area contributed by atoms with Gasteiger partial charge >= 0.3 is 0 Å². The Balaban J connectivity index is 1.23. The fourth-order valence-electron chi connectivity index (χ4n) is 5.58. The molecule has 2 aromatic heterocycles. The summed E-state index contributed by atoms with van der Waals surface area (Å²) in [5.74, 6) is 2.24. The first kappa shape index (κ1) is 21.7. The summed E-state index contributed by atoms with van der Waals surface area (Å²) < 4.78 is 38.5. The smallest absolute Gasteiger partial charge is 0.241 e. The molecule has 0 bridgehead atoms. The number of nitrogens with one attached hydrogen (secondary N) is 1. The van der Waals surface area contributed by atoms with Crippen LogP contribution in [-0.2, 0) is 10.0 Å². The van der Waals surface area contributed by atoms with Crippen molar-refractivity contribution in [2.75, 3.05) is 0 Å². The van der Waals surface area contributed by atoms with E-state index in [2.05, 4.69) is 25.1 Å². The van der Waals surface area contributed by atoms with Crippen molar-refractivity contribution in [3.05, 3.63) is 41.8 Å². The van der Waals surface area contributed by atoms with E-state index in [9.17, 15) is 8.42 Å². The van der Waals surface area contributed by atoms with Crippen LogP contribution in [0.3, 0.4) is 0 Å². The van der Waals surface area contributed by atoms with Gasteiger partial charge in [0.1, 0.15) is 12.7 Å². The zero-order valence-electron chi connectivity index (χ0n) is 19.6. The number of rotatable bonds is 8. The Bertz CT molecular complexity index is 1310. The fourth-order valence-corrected chi connectivity index (χ4v) is 7.42. The monoisotopic (exact) mass is 494 g/mol. The lowest BCUT2D eigenvalue weighted by atomic mass is 9.91. The summed E-state index contributed by atoms with van der Waals surface area (Å²) >= 11 is 0. The van der Waals surface area contributed by atoms with E-state index in [1.54, 1.807) is 12.7 Å². The van der Waals surface area contributed by atoms with Crippen molar-refractivity contribution in [1.82, 2.24) is 29.6 Å². The molecule has 4 saturated carbocycles. The number of benzene rings is 1. The minimum atomic E-state index is -3.68. The van der Waals surface area contributed by atoms with Gasteiger partial charge < -0.3 is 9.09 Å². The largest absolute Gasteiger partial charge is 0.339 e. The highest BCUT2D eigenvalue weighted by atomic mass is 32.2. The molecular formula is C25H30N6O3S. The topological polar surface area (TPSA) is 116 Å². The van der Waals surface area contributed by atoms with Crippen molar-refractivity contribution in [1.29, 1.82) is 0 Å². The number of hydrogen-bond acceptors (Lipinski definition) is 7. The minimum absolute atomic E-state index is 0.0989. The molecule has 35 heavy (non-hydrogen) atoms. The highest BCUT2D eigenvalue weighted by Crippen LogP contribution is 2.51. The zero-order valence-corrected chi connectivity index (χ0v) is 20.5. The highest BCUT2D eigenvalue weighted by molar-refractivity contribution is 7.89. The minimum Gasteiger partial charge on any atom is -0.339 e. The molecule has 2 unspecified atom stereocenters. The first-order valence-corrected chi connectivity index (χ1v) is 14.4. The van der Waals surface area contributed by atoms with Gasteiger partial charge in [-0.25, -0.2) is 13.1 Å². The summed E-state index contributed by atoms with van der Waals surface area (Å²) in [4.78, 5) is 5.16. The van der Waals surface area contributed by atoms with E-state index in [1.807, 2.05) is 16.7 Å². The molecule has 9 nitrogen and oxygen atoms in total. The molecule has 10 heteroatoms. The van der Waals surface area contributed by atoms with E-state index < -0.39 is 10.0 Å². The maximum atomic E-state index is 14.0.